The zero-order valence-corrected chi connectivity index (χ0v) is 23.3. The van der Waals surface area contributed by atoms with Crippen LogP contribution in [0.1, 0.15) is 71.0 Å². The first-order chi connectivity index (χ1) is 17.5. The lowest BCUT2D eigenvalue weighted by atomic mass is 9.89. The Morgan fingerprint density at radius 3 is 2.46 bits per heavy atom. The minimum absolute atomic E-state index is 0.00249. The van der Waals surface area contributed by atoms with Gasteiger partial charge in [0.15, 0.2) is 0 Å². The Balaban J connectivity index is 1.78. The Morgan fingerprint density at radius 1 is 1.11 bits per heavy atom. The number of carbonyl (C=O) groups excluding carboxylic acids is 2. The van der Waals surface area contributed by atoms with Crippen molar-refractivity contribution in [2.45, 2.75) is 84.1 Å². The number of carbonyl (C=O) groups is 2. The second kappa shape index (κ2) is 10.6. The predicted octanol–water partition coefficient (Wildman–Crippen LogP) is 5.96. The van der Waals surface area contributed by atoms with Crippen molar-refractivity contribution in [2.24, 2.45) is 0 Å². The molecule has 7 heteroatoms. The van der Waals surface area contributed by atoms with E-state index < -0.39 is 5.60 Å². The van der Waals surface area contributed by atoms with Crippen molar-refractivity contribution >= 4 is 23.4 Å². The maximum absolute atomic E-state index is 13.4. The molecule has 2 unspecified atom stereocenters. The molecule has 1 saturated heterocycles. The molecule has 0 aliphatic carbocycles. The highest BCUT2D eigenvalue weighted by atomic mass is 16.6. The fourth-order valence-electron chi connectivity index (χ4n) is 5.42. The van der Waals surface area contributed by atoms with Gasteiger partial charge in [-0.15, -0.1) is 0 Å². The zero-order valence-electron chi connectivity index (χ0n) is 23.3. The highest BCUT2D eigenvalue weighted by Gasteiger charge is 2.40. The van der Waals surface area contributed by atoms with Crippen molar-refractivity contribution in [2.75, 3.05) is 30.4 Å². The van der Waals surface area contributed by atoms with Gasteiger partial charge in [-0.2, -0.15) is 0 Å². The van der Waals surface area contributed by atoms with Gasteiger partial charge in [0.25, 0.3) is 0 Å². The maximum Gasteiger partial charge on any atom is 0.410 e. The number of aryl methyl sites for hydroxylation is 1. The third-order valence-electron chi connectivity index (χ3n) is 7.11. The van der Waals surface area contributed by atoms with Gasteiger partial charge in [0.1, 0.15) is 11.4 Å². The lowest BCUT2D eigenvalue weighted by molar-refractivity contribution is -0.118. The Bertz CT molecular complexity index is 1130. The van der Waals surface area contributed by atoms with Crippen LogP contribution in [0.2, 0.25) is 0 Å². The summed E-state index contributed by atoms with van der Waals surface area (Å²) in [6.07, 6.45) is 2.68. The number of rotatable bonds is 5. The van der Waals surface area contributed by atoms with Gasteiger partial charge in [-0.25, -0.2) is 4.79 Å². The van der Waals surface area contributed by atoms with E-state index in [-0.39, 0.29) is 30.2 Å². The quantitative estimate of drug-likeness (QED) is 0.500. The molecule has 0 spiro atoms. The fourth-order valence-corrected chi connectivity index (χ4v) is 5.42. The van der Waals surface area contributed by atoms with Crippen molar-refractivity contribution in [3.63, 3.8) is 0 Å². The zero-order chi connectivity index (χ0) is 26.9. The van der Waals surface area contributed by atoms with Crippen LogP contribution in [0.15, 0.2) is 42.5 Å². The Morgan fingerprint density at radius 2 is 1.81 bits per heavy atom. The molecule has 2 aliphatic rings. The number of piperidine rings is 1. The van der Waals surface area contributed by atoms with E-state index in [9.17, 15) is 9.59 Å². The third-order valence-corrected chi connectivity index (χ3v) is 7.11. The van der Waals surface area contributed by atoms with E-state index in [1.54, 1.807) is 4.90 Å². The molecule has 4 rings (SSSR count). The van der Waals surface area contributed by atoms with Gasteiger partial charge in [0, 0.05) is 32.7 Å². The molecule has 0 bridgehead atoms. The Labute approximate surface area is 221 Å². The molecule has 2 heterocycles. The van der Waals surface area contributed by atoms with Gasteiger partial charge >= 0.3 is 6.09 Å². The number of anilines is 2. The summed E-state index contributed by atoms with van der Waals surface area (Å²) in [5.74, 6) is 0.926. The third kappa shape index (κ3) is 5.86. The fraction of sp³-hybridized carbons (Fsp3) is 0.533. The number of likely N-dealkylation sites (tertiary alicyclic amines) is 1. The first kappa shape index (κ1) is 26.8. The molecule has 2 atom stereocenters. The summed E-state index contributed by atoms with van der Waals surface area (Å²) < 4.78 is 12.2. The maximum atomic E-state index is 13.4. The largest absolute Gasteiger partial charge is 0.489 e. The molecule has 1 fully saturated rings. The van der Waals surface area contributed by atoms with Gasteiger partial charge in [-0.3, -0.25) is 9.69 Å². The molecule has 200 valence electrons. The number of fused-ring (bicyclic) bond motifs is 1. The number of hydrogen-bond donors (Lipinski definition) is 0. The Kier molecular flexibility index (Phi) is 7.72. The summed E-state index contributed by atoms with van der Waals surface area (Å²) in [6, 6.07) is 14.2. The van der Waals surface area contributed by atoms with Crippen LogP contribution < -0.4 is 14.5 Å². The minimum atomic E-state index is -0.578. The normalized spacial score (nSPS) is 20.1. The molecule has 0 radical (unpaired) electrons. The molecule has 2 aromatic rings. The number of benzene rings is 2. The number of nitrogens with zero attached hydrogens (tertiary/aromatic N) is 3. The molecule has 2 aliphatic heterocycles. The van der Waals surface area contributed by atoms with Crippen molar-refractivity contribution in [3.8, 4) is 5.75 Å². The van der Waals surface area contributed by atoms with E-state index in [2.05, 4.69) is 36.2 Å². The summed E-state index contributed by atoms with van der Waals surface area (Å²) in [7, 11) is 3.91. The van der Waals surface area contributed by atoms with Crippen molar-refractivity contribution in [1.82, 2.24) is 4.90 Å². The highest BCUT2D eigenvalue weighted by molar-refractivity contribution is 5.97. The summed E-state index contributed by atoms with van der Waals surface area (Å²) in [5.41, 5.74) is 3.46. The van der Waals surface area contributed by atoms with Crippen LogP contribution in [0.3, 0.4) is 0 Å². The summed E-state index contributed by atoms with van der Waals surface area (Å²) in [6.45, 7) is 10.4. The lowest BCUT2D eigenvalue weighted by Crippen LogP contribution is -2.52. The van der Waals surface area contributed by atoms with E-state index in [4.69, 9.17) is 9.47 Å². The number of ether oxygens (including phenoxy) is 2. The van der Waals surface area contributed by atoms with E-state index in [1.165, 1.54) is 0 Å². The molecule has 0 aromatic heterocycles. The molecule has 0 saturated carbocycles. The van der Waals surface area contributed by atoms with Gasteiger partial charge in [0.05, 0.1) is 23.9 Å². The molecule has 2 amide bonds. The van der Waals surface area contributed by atoms with Gasteiger partial charge < -0.3 is 19.3 Å². The van der Waals surface area contributed by atoms with Crippen LogP contribution >= 0.6 is 0 Å². The minimum Gasteiger partial charge on any atom is -0.489 e. The highest BCUT2D eigenvalue weighted by Crippen LogP contribution is 2.43. The van der Waals surface area contributed by atoms with Gasteiger partial charge in [-0.1, -0.05) is 30.3 Å². The molecule has 37 heavy (non-hydrogen) atoms. The van der Waals surface area contributed by atoms with Crippen molar-refractivity contribution in [1.29, 1.82) is 0 Å². The SMILES string of the molecule is CC(C)Oc1cc2c(cc1N(C)C1CCCN(C(=O)OC(C)(C)C)C1c1ccccc1)N(C)C(=O)CC2. The summed E-state index contributed by atoms with van der Waals surface area (Å²) in [4.78, 5) is 31.8. The monoisotopic (exact) mass is 507 g/mol. The lowest BCUT2D eigenvalue weighted by Gasteiger charge is -2.46. The van der Waals surface area contributed by atoms with E-state index in [0.717, 1.165) is 41.1 Å². The van der Waals surface area contributed by atoms with E-state index in [1.807, 2.05) is 64.8 Å². The smallest absolute Gasteiger partial charge is 0.410 e. The van der Waals surface area contributed by atoms with Gasteiger partial charge in [-0.05, 0) is 77.1 Å². The Hall–Kier alpha value is -3.22. The number of likely N-dealkylation sites (N-methyl/N-ethyl adjacent to an activating group) is 1. The van der Waals surface area contributed by atoms with Crippen LogP contribution in [0.25, 0.3) is 0 Å². The predicted molar refractivity (Wildman–Crippen MR) is 147 cm³/mol. The van der Waals surface area contributed by atoms with Crippen LogP contribution in [-0.2, 0) is 16.0 Å². The number of hydrogen-bond acceptors (Lipinski definition) is 5. The second-order valence-corrected chi connectivity index (χ2v) is 11.4. The van der Waals surface area contributed by atoms with Gasteiger partial charge in [0.2, 0.25) is 5.91 Å². The van der Waals surface area contributed by atoms with E-state index in [0.29, 0.717) is 19.4 Å². The molecular weight excluding hydrogens is 466 g/mol. The molecule has 7 nitrogen and oxygen atoms in total. The van der Waals surface area contributed by atoms with E-state index >= 15 is 0 Å². The summed E-state index contributed by atoms with van der Waals surface area (Å²) in [5, 5.41) is 0. The first-order valence-electron chi connectivity index (χ1n) is 13.3. The molecule has 0 N–H and O–H groups in total. The average Bonchev–Trinajstić information content (AvgIpc) is 2.84. The number of amides is 2. The van der Waals surface area contributed by atoms with Crippen LogP contribution in [0.5, 0.6) is 5.75 Å². The van der Waals surface area contributed by atoms with Crippen LogP contribution in [0.4, 0.5) is 16.2 Å². The molecule has 2 aromatic carbocycles. The van der Waals surface area contributed by atoms with Crippen molar-refractivity contribution < 1.29 is 19.1 Å². The average molecular weight is 508 g/mol. The standard InChI is InChI=1S/C30H41N3O4/c1-20(2)36-26-18-22-15-16-27(34)32(7)24(22)19-25(26)31(6)23-14-11-17-33(29(35)37-30(3,4)5)28(23)21-12-9-8-10-13-21/h8-10,12-13,18-20,23,28H,11,14-17H2,1-7H3. The van der Waals surface area contributed by atoms with Crippen LogP contribution in [-0.4, -0.2) is 55.3 Å². The van der Waals surface area contributed by atoms with Crippen LogP contribution in [0, 0.1) is 0 Å². The first-order valence-corrected chi connectivity index (χ1v) is 13.3. The topological polar surface area (TPSA) is 62.3 Å². The second-order valence-electron chi connectivity index (χ2n) is 11.4. The van der Waals surface area contributed by atoms with Crippen molar-refractivity contribution in [3.05, 3.63) is 53.6 Å². The molecular formula is C30H41N3O4. The summed E-state index contributed by atoms with van der Waals surface area (Å²) >= 11 is 0.